The van der Waals surface area contributed by atoms with E-state index in [4.69, 9.17) is 16.0 Å². The zero-order valence-electron chi connectivity index (χ0n) is 10.7. The summed E-state index contributed by atoms with van der Waals surface area (Å²) in [7, 11) is 0. The van der Waals surface area contributed by atoms with E-state index in [0.29, 0.717) is 28.1 Å². The van der Waals surface area contributed by atoms with E-state index in [-0.39, 0.29) is 12.5 Å². The number of anilines is 1. The summed E-state index contributed by atoms with van der Waals surface area (Å²) in [5.74, 6) is 1.42. The fraction of sp³-hybridized carbons (Fsp3) is 0.0714. The van der Waals surface area contributed by atoms with Gasteiger partial charge in [0, 0.05) is 10.6 Å². The summed E-state index contributed by atoms with van der Waals surface area (Å²) in [4.78, 5) is 16.4. The van der Waals surface area contributed by atoms with Crippen molar-refractivity contribution in [1.29, 1.82) is 0 Å². The first-order valence-corrected chi connectivity index (χ1v) is 6.67. The first-order valence-electron chi connectivity index (χ1n) is 6.29. The maximum Gasteiger partial charge on any atom is 0.246 e. The van der Waals surface area contributed by atoms with E-state index in [1.165, 1.54) is 0 Å². The minimum atomic E-state index is -0.159. The number of nitrogens with zero attached hydrogens (tertiary/aromatic N) is 3. The number of amides is 1. The van der Waals surface area contributed by atoms with Crippen molar-refractivity contribution in [2.45, 2.75) is 6.54 Å². The van der Waals surface area contributed by atoms with Crippen molar-refractivity contribution in [3.8, 4) is 23.0 Å². The number of hydrogen-bond donors (Lipinski definition) is 1. The molecular formula is C14H9ClN4O2. The van der Waals surface area contributed by atoms with Gasteiger partial charge in [0.1, 0.15) is 6.54 Å². The molecule has 6 nitrogen and oxygen atoms in total. The molecule has 0 unspecified atom stereocenters. The number of carbonyl (C=O) groups is 1. The third kappa shape index (κ3) is 2.00. The minimum Gasteiger partial charge on any atom is -0.461 e. The van der Waals surface area contributed by atoms with Gasteiger partial charge in [-0.25, -0.2) is 9.67 Å². The van der Waals surface area contributed by atoms with E-state index in [0.717, 1.165) is 5.56 Å². The van der Waals surface area contributed by atoms with Crippen LogP contribution in [0.2, 0.25) is 5.02 Å². The second-order valence-corrected chi connectivity index (χ2v) is 5.07. The molecule has 0 fully saturated rings. The lowest BCUT2D eigenvalue weighted by molar-refractivity contribution is -0.116. The summed E-state index contributed by atoms with van der Waals surface area (Å²) in [6.45, 7) is 0.0926. The van der Waals surface area contributed by atoms with E-state index in [1.54, 1.807) is 41.3 Å². The molecule has 1 amide bonds. The second-order valence-electron chi connectivity index (χ2n) is 4.63. The highest BCUT2D eigenvalue weighted by atomic mass is 35.5. The largest absolute Gasteiger partial charge is 0.461 e. The molecule has 1 N–H and O–H groups in total. The standard InChI is InChI=1S/C14H9ClN4O2/c15-8-3-4-10-9(6-8)14-17-13(11-2-1-5-21-11)18-19(14)7-12(20)16-10/h1-6H,7H2,(H,16,20). The third-order valence-corrected chi connectivity index (χ3v) is 3.44. The molecule has 0 bridgehead atoms. The Morgan fingerprint density at radius 1 is 1.33 bits per heavy atom. The van der Waals surface area contributed by atoms with Crippen LogP contribution in [0.1, 0.15) is 0 Å². The van der Waals surface area contributed by atoms with Gasteiger partial charge in [0.25, 0.3) is 0 Å². The van der Waals surface area contributed by atoms with Crippen molar-refractivity contribution in [3.05, 3.63) is 41.6 Å². The Labute approximate surface area is 124 Å². The minimum absolute atomic E-state index is 0.0926. The summed E-state index contributed by atoms with van der Waals surface area (Å²) >= 11 is 6.05. The highest BCUT2D eigenvalue weighted by Gasteiger charge is 2.23. The zero-order chi connectivity index (χ0) is 14.4. The molecule has 0 saturated heterocycles. The van der Waals surface area contributed by atoms with Crippen LogP contribution in [0, 0.1) is 0 Å². The lowest BCUT2D eigenvalue weighted by Crippen LogP contribution is -2.17. The Kier molecular flexibility index (Phi) is 2.58. The van der Waals surface area contributed by atoms with E-state index in [9.17, 15) is 4.79 Å². The summed E-state index contributed by atoms with van der Waals surface area (Å²) in [6, 6.07) is 8.77. The molecule has 1 aliphatic heterocycles. The number of aromatic nitrogens is 3. The average molecular weight is 301 g/mol. The van der Waals surface area contributed by atoms with Gasteiger partial charge >= 0.3 is 0 Å². The number of carbonyl (C=O) groups excluding carboxylic acids is 1. The van der Waals surface area contributed by atoms with Crippen molar-refractivity contribution in [2.75, 3.05) is 5.32 Å². The number of benzene rings is 1. The molecule has 0 atom stereocenters. The van der Waals surface area contributed by atoms with Crippen molar-refractivity contribution >= 4 is 23.2 Å². The van der Waals surface area contributed by atoms with Gasteiger partial charge in [0.15, 0.2) is 11.6 Å². The monoisotopic (exact) mass is 300 g/mol. The predicted molar refractivity (Wildman–Crippen MR) is 76.8 cm³/mol. The number of fused-ring (bicyclic) bond motifs is 3. The number of rotatable bonds is 1. The molecule has 1 aliphatic rings. The van der Waals surface area contributed by atoms with Crippen LogP contribution in [0.15, 0.2) is 41.0 Å². The summed E-state index contributed by atoms with van der Waals surface area (Å²) < 4.78 is 6.85. The number of nitrogens with one attached hydrogen (secondary N) is 1. The first-order chi connectivity index (χ1) is 10.2. The Morgan fingerprint density at radius 3 is 3.05 bits per heavy atom. The molecular weight excluding hydrogens is 292 g/mol. The van der Waals surface area contributed by atoms with Gasteiger partial charge in [0.2, 0.25) is 11.7 Å². The zero-order valence-corrected chi connectivity index (χ0v) is 11.5. The van der Waals surface area contributed by atoms with Gasteiger partial charge in [-0.15, -0.1) is 5.10 Å². The van der Waals surface area contributed by atoms with Crippen LogP contribution < -0.4 is 5.32 Å². The smallest absolute Gasteiger partial charge is 0.246 e. The lowest BCUT2D eigenvalue weighted by atomic mass is 10.1. The Balaban J connectivity index is 1.94. The predicted octanol–water partition coefficient (Wildman–Crippen LogP) is 2.81. The van der Waals surface area contributed by atoms with E-state index < -0.39 is 0 Å². The normalized spacial score (nSPS) is 13.3. The maximum absolute atomic E-state index is 11.9. The van der Waals surface area contributed by atoms with Gasteiger partial charge in [-0.1, -0.05) is 11.6 Å². The van der Waals surface area contributed by atoms with Crippen molar-refractivity contribution in [3.63, 3.8) is 0 Å². The van der Waals surface area contributed by atoms with Gasteiger partial charge in [-0.05, 0) is 30.3 Å². The molecule has 0 aliphatic carbocycles. The molecule has 21 heavy (non-hydrogen) atoms. The molecule has 2 aromatic heterocycles. The second kappa shape index (κ2) is 4.46. The number of hydrogen-bond acceptors (Lipinski definition) is 4. The summed E-state index contributed by atoms with van der Waals surface area (Å²) in [5.41, 5.74) is 1.40. The van der Waals surface area contributed by atoms with E-state index in [2.05, 4.69) is 15.4 Å². The van der Waals surface area contributed by atoms with E-state index in [1.807, 2.05) is 0 Å². The van der Waals surface area contributed by atoms with Crippen LogP contribution in [-0.4, -0.2) is 20.7 Å². The van der Waals surface area contributed by atoms with Crippen molar-refractivity contribution in [1.82, 2.24) is 14.8 Å². The molecule has 1 aromatic carbocycles. The van der Waals surface area contributed by atoms with Crippen molar-refractivity contribution < 1.29 is 9.21 Å². The van der Waals surface area contributed by atoms with Crippen LogP contribution >= 0.6 is 11.6 Å². The fourth-order valence-corrected chi connectivity index (χ4v) is 2.47. The summed E-state index contributed by atoms with van der Waals surface area (Å²) in [5, 5.41) is 7.72. The first kappa shape index (κ1) is 12.2. The highest BCUT2D eigenvalue weighted by Crippen LogP contribution is 2.33. The lowest BCUT2D eigenvalue weighted by Gasteiger charge is -2.05. The average Bonchev–Trinajstić information content (AvgIpc) is 3.08. The third-order valence-electron chi connectivity index (χ3n) is 3.20. The Morgan fingerprint density at radius 2 is 2.24 bits per heavy atom. The molecule has 0 radical (unpaired) electrons. The Bertz CT molecular complexity index is 839. The molecule has 104 valence electrons. The molecule has 7 heteroatoms. The topological polar surface area (TPSA) is 73.0 Å². The molecule has 3 heterocycles. The van der Waals surface area contributed by atoms with Gasteiger partial charge in [0.05, 0.1) is 12.0 Å². The van der Waals surface area contributed by atoms with Crippen LogP contribution in [0.25, 0.3) is 23.0 Å². The number of furan rings is 1. The molecule has 4 rings (SSSR count). The van der Waals surface area contributed by atoms with Crippen LogP contribution in [0.4, 0.5) is 5.69 Å². The maximum atomic E-state index is 11.9. The van der Waals surface area contributed by atoms with Gasteiger partial charge < -0.3 is 9.73 Å². The van der Waals surface area contributed by atoms with Crippen LogP contribution in [0.5, 0.6) is 0 Å². The fourth-order valence-electron chi connectivity index (χ4n) is 2.30. The van der Waals surface area contributed by atoms with Crippen LogP contribution in [-0.2, 0) is 11.3 Å². The van der Waals surface area contributed by atoms with Crippen molar-refractivity contribution in [2.24, 2.45) is 0 Å². The van der Waals surface area contributed by atoms with Crippen LogP contribution in [0.3, 0.4) is 0 Å². The SMILES string of the molecule is O=C1Cn2nc(-c3ccco3)nc2-c2cc(Cl)ccc2N1. The molecule has 3 aromatic rings. The van der Waals surface area contributed by atoms with Gasteiger partial charge in [-0.3, -0.25) is 4.79 Å². The Hall–Kier alpha value is -2.60. The molecule has 0 spiro atoms. The number of halogens is 1. The summed E-state index contributed by atoms with van der Waals surface area (Å²) in [6.07, 6.45) is 1.55. The quantitative estimate of drug-likeness (QED) is 0.750. The van der Waals surface area contributed by atoms with E-state index >= 15 is 0 Å². The van der Waals surface area contributed by atoms with Gasteiger partial charge in [-0.2, -0.15) is 0 Å². The highest BCUT2D eigenvalue weighted by molar-refractivity contribution is 6.31. The molecule has 0 saturated carbocycles.